The summed E-state index contributed by atoms with van der Waals surface area (Å²) in [5.41, 5.74) is 7.90. The predicted octanol–water partition coefficient (Wildman–Crippen LogP) is 7.36. The van der Waals surface area contributed by atoms with Crippen molar-refractivity contribution >= 4 is 46.3 Å². The first-order valence-electron chi connectivity index (χ1n) is 12.8. The van der Waals surface area contributed by atoms with E-state index in [2.05, 4.69) is 53.5 Å². The number of amides is 1. The molecule has 6 rings (SSSR count). The van der Waals surface area contributed by atoms with Crippen LogP contribution >= 0.6 is 24.0 Å². The van der Waals surface area contributed by atoms with E-state index in [0.717, 1.165) is 67.3 Å². The number of carbonyl (C=O) groups is 2. The van der Waals surface area contributed by atoms with E-state index in [0.29, 0.717) is 4.91 Å². The van der Waals surface area contributed by atoms with Crippen molar-refractivity contribution in [3.05, 3.63) is 120 Å². The number of carbonyl (C=O) groups excluding carboxylic acids is 1. The number of thiocarbonyl (C=S) groups is 1. The number of carboxylic acid groups (broad SMARTS) is 1. The number of hydrogen-bond donors (Lipinski definition) is 2. The largest absolute Gasteiger partial charge is 0.480 e. The van der Waals surface area contributed by atoms with E-state index in [1.165, 1.54) is 0 Å². The van der Waals surface area contributed by atoms with Crippen molar-refractivity contribution in [2.75, 3.05) is 6.54 Å². The second kappa shape index (κ2) is 11.4. The molecule has 1 aliphatic rings. The molecule has 4 aromatic carbocycles. The number of rotatable bonds is 7. The molecule has 0 bridgehead atoms. The molecule has 0 aliphatic carbocycles. The first-order chi connectivity index (χ1) is 20.0. The van der Waals surface area contributed by atoms with Crippen molar-refractivity contribution in [2.45, 2.75) is 0 Å². The van der Waals surface area contributed by atoms with Crippen LogP contribution < -0.4 is 0 Å². The van der Waals surface area contributed by atoms with Gasteiger partial charge in [0.05, 0.1) is 16.3 Å². The molecular weight excluding hydrogens is 551 g/mol. The van der Waals surface area contributed by atoms with Gasteiger partial charge in [0.15, 0.2) is 0 Å². The molecule has 1 aromatic heterocycles. The molecular formula is C33H23N3O3S2. The van der Waals surface area contributed by atoms with Crippen molar-refractivity contribution in [2.24, 2.45) is 0 Å². The summed E-state index contributed by atoms with van der Waals surface area (Å²) >= 11 is 6.29. The third-order valence-corrected chi connectivity index (χ3v) is 8.06. The Hall–Kier alpha value is -4.79. The van der Waals surface area contributed by atoms with E-state index in [1.54, 1.807) is 6.08 Å². The Balaban J connectivity index is 1.24. The van der Waals surface area contributed by atoms with Crippen LogP contribution in [0.5, 0.6) is 0 Å². The standard InChI is InChI=1S/C33H23N3O3S2/c37-28(38)20-36-32(39)27(41-33(36)40)19-21-11-13-22(14-12-21)23-15-17-26(18-16-23)31-34-29(24-7-3-1-4-8-24)30(35-31)25-9-5-2-6-10-25/h1-19H,20H2,(H,34,35)(H,37,38)/b27-19+. The van der Waals surface area contributed by atoms with Gasteiger partial charge in [-0.3, -0.25) is 14.5 Å². The first-order valence-corrected chi connectivity index (χ1v) is 14.1. The second-order valence-corrected chi connectivity index (χ2v) is 11.1. The molecule has 5 aromatic rings. The Morgan fingerprint density at radius 1 is 0.805 bits per heavy atom. The van der Waals surface area contributed by atoms with E-state index in [1.807, 2.05) is 60.7 Å². The number of hydrogen-bond acceptors (Lipinski definition) is 5. The van der Waals surface area contributed by atoms with E-state index < -0.39 is 12.5 Å². The van der Waals surface area contributed by atoms with Gasteiger partial charge in [0.2, 0.25) is 0 Å². The number of H-pyrrole nitrogens is 1. The molecule has 6 nitrogen and oxygen atoms in total. The molecule has 1 amide bonds. The van der Waals surface area contributed by atoms with Gasteiger partial charge in [-0.2, -0.15) is 0 Å². The molecule has 0 atom stereocenters. The van der Waals surface area contributed by atoms with Crippen LogP contribution in [0.4, 0.5) is 0 Å². The van der Waals surface area contributed by atoms with Crippen LogP contribution in [0, 0.1) is 0 Å². The summed E-state index contributed by atoms with van der Waals surface area (Å²) in [4.78, 5) is 33.6. The van der Waals surface area contributed by atoms with E-state index in [-0.39, 0.29) is 10.2 Å². The number of nitrogens with one attached hydrogen (secondary N) is 1. The van der Waals surface area contributed by atoms with Crippen molar-refractivity contribution in [1.82, 2.24) is 14.9 Å². The van der Waals surface area contributed by atoms with Crippen molar-refractivity contribution in [1.29, 1.82) is 0 Å². The van der Waals surface area contributed by atoms with Crippen LogP contribution in [0.25, 0.3) is 51.1 Å². The number of nitrogens with zero attached hydrogens (tertiary/aromatic N) is 2. The van der Waals surface area contributed by atoms with Crippen molar-refractivity contribution in [3.63, 3.8) is 0 Å². The zero-order valence-electron chi connectivity index (χ0n) is 21.7. The summed E-state index contributed by atoms with van der Waals surface area (Å²) in [6.07, 6.45) is 1.74. The smallest absolute Gasteiger partial charge is 0.323 e. The minimum atomic E-state index is -1.10. The predicted molar refractivity (Wildman–Crippen MR) is 168 cm³/mol. The second-order valence-electron chi connectivity index (χ2n) is 9.40. The van der Waals surface area contributed by atoms with Gasteiger partial charge in [-0.15, -0.1) is 0 Å². The van der Waals surface area contributed by atoms with Gasteiger partial charge >= 0.3 is 5.97 Å². The number of aliphatic carboxylic acids is 1. The maximum atomic E-state index is 12.6. The molecule has 8 heteroatoms. The fourth-order valence-corrected chi connectivity index (χ4v) is 5.90. The van der Waals surface area contributed by atoms with Crippen molar-refractivity contribution < 1.29 is 14.7 Å². The van der Waals surface area contributed by atoms with E-state index >= 15 is 0 Å². The van der Waals surface area contributed by atoms with Crippen LogP contribution in [0.15, 0.2) is 114 Å². The third kappa shape index (κ3) is 5.61. The molecule has 200 valence electrons. The number of carboxylic acids is 1. The highest BCUT2D eigenvalue weighted by Gasteiger charge is 2.33. The highest BCUT2D eigenvalue weighted by molar-refractivity contribution is 8.26. The fourth-order valence-electron chi connectivity index (χ4n) is 4.64. The minimum Gasteiger partial charge on any atom is -0.480 e. The van der Waals surface area contributed by atoms with Gasteiger partial charge in [0.25, 0.3) is 5.91 Å². The van der Waals surface area contributed by atoms with E-state index in [4.69, 9.17) is 22.3 Å². The Morgan fingerprint density at radius 2 is 1.37 bits per heavy atom. The quantitative estimate of drug-likeness (QED) is 0.156. The molecule has 0 saturated carbocycles. The Bertz CT molecular complexity index is 1720. The highest BCUT2D eigenvalue weighted by Crippen LogP contribution is 2.35. The summed E-state index contributed by atoms with van der Waals surface area (Å²) in [5.74, 6) is -0.686. The topological polar surface area (TPSA) is 86.3 Å². The average molecular weight is 574 g/mol. The molecule has 2 heterocycles. The first kappa shape index (κ1) is 26.4. The molecule has 1 saturated heterocycles. The lowest BCUT2D eigenvalue weighted by molar-refractivity contribution is -0.140. The number of aromatic amines is 1. The Kier molecular flexibility index (Phi) is 7.33. The maximum absolute atomic E-state index is 12.6. The van der Waals surface area contributed by atoms with Crippen LogP contribution in [-0.4, -0.2) is 42.7 Å². The molecule has 41 heavy (non-hydrogen) atoms. The van der Waals surface area contributed by atoms with Crippen LogP contribution in [-0.2, 0) is 9.59 Å². The number of thioether (sulfide) groups is 1. The fraction of sp³-hybridized carbons (Fsp3) is 0.0303. The summed E-state index contributed by atoms with van der Waals surface area (Å²) < 4.78 is 0.253. The summed E-state index contributed by atoms with van der Waals surface area (Å²) in [5, 5.41) is 9.03. The van der Waals surface area contributed by atoms with Gasteiger partial charge in [-0.05, 0) is 22.8 Å². The lowest BCUT2D eigenvalue weighted by Gasteiger charge is -2.10. The SMILES string of the molecule is O=C(O)CN1C(=O)/C(=C\c2ccc(-c3ccc(-c4nc(-c5ccccc5)c(-c5ccccc5)[nH]4)cc3)cc2)SC1=S. The summed E-state index contributed by atoms with van der Waals surface area (Å²) in [6, 6.07) is 36.4. The number of imidazole rings is 1. The van der Waals surface area contributed by atoms with E-state index in [9.17, 15) is 9.59 Å². The molecule has 0 radical (unpaired) electrons. The molecule has 0 spiro atoms. The van der Waals surface area contributed by atoms with Crippen LogP contribution in [0.1, 0.15) is 5.56 Å². The van der Waals surface area contributed by atoms with Gasteiger partial charge < -0.3 is 10.1 Å². The maximum Gasteiger partial charge on any atom is 0.323 e. The van der Waals surface area contributed by atoms with Crippen LogP contribution in [0.2, 0.25) is 0 Å². The lowest BCUT2D eigenvalue weighted by atomic mass is 10.0. The lowest BCUT2D eigenvalue weighted by Crippen LogP contribution is -2.33. The molecule has 2 N–H and O–H groups in total. The zero-order chi connectivity index (χ0) is 28.3. The molecule has 1 aliphatic heterocycles. The van der Waals surface area contributed by atoms with Crippen LogP contribution in [0.3, 0.4) is 0 Å². The minimum absolute atomic E-state index is 0.253. The zero-order valence-corrected chi connectivity index (χ0v) is 23.3. The number of benzene rings is 4. The monoisotopic (exact) mass is 573 g/mol. The van der Waals surface area contributed by atoms with Gasteiger partial charge in [-0.25, -0.2) is 4.98 Å². The highest BCUT2D eigenvalue weighted by atomic mass is 32.2. The van der Waals surface area contributed by atoms with Gasteiger partial charge in [0.1, 0.15) is 16.7 Å². The van der Waals surface area contributed by atoms with Gasteiger partial charge in [-0.1, -0.05) is 133 Å². The third-order valence-electron chi connectivity index (χ3n) is 6.68. The number of aromatic nitrogens is 2. The Morgan fingerprint density at radius 3 is 1.98 bits per heavy atom. The van der Waals surface area contributed by atoms with Gasteiger partial charge in [0, 0.05) is 16.7 Å². The Labute approximate surface area is 246 Å². The average Bonchev–Trinajstić information content (AvgIpc) is 3.56. The molecule has 0 unspecified atom stereocenters. The van der Waals surface area contributed by atoms with Crippen molar-refractivity contribution in [3.8, 4) is 45.0 Å². The summed E-state index contributed by atoms with van der Waals surface area (Å²) in [6.45, 7) is -0.434. The summed E-state index contributed by atoms with van der Waals surface area (Å²) in [7, 11) is 0. The normalized spacial score (nSPS) is 14.1. The molecule has 1 fully saturated rings.